The van der Waals surface area contributed by atoms with Crippen LogP contribution in [0.2, 0.25) is 5.02 Å². The van der Waals surface area contributed by atoms with E-state index in [4.69, 9.17) is 11.6 Å². The number of fused-ring (bicyclic) bond motifs is 1. The summed E-state index contributed by atoms with van der Waals surface area (Å²) in [7, 11) is 0. The van der Waals surface area contributed by atoms with Gasteiger partial charge in [-0.2, -0.15) is 0 Å². The molecular weight excluding hydrogens is 356 g/mol. The van der Waals surface area contributed by atoms with Crippen molar-refractivity contribution >= 4 is 54.2 Å². The van der Waals surface area contributed by atoms with Gasteiger partial charge in [0.05, 0.1) is 16.3 Å². The maximum atomic E-state index is 6.03. The van der Waals surface area contributed by atoms with Crippen molar-refractivity contribution in [1.82, 2.24) is 4.98 Å². The monoisotopic (exact) mass is 366 g/mol. The zero-order valence-corrected chi connectivity index (χ0v) is 13.9. The van der Waals surface area contributed by atoms with Gasteiger partial charge in [0.2, 0.25) is 0 Å². The molecule has 0 fully saturated rings. The van der Waals surface area contributed by atoms with Crippen LogP contribution in [0.25, 0.3) is 10.2 Å². The van der Waals surface area contributed by atoms with Crippen molar-refractivity contribution in [3.63, 3.8) is 0 Å². The number of halogens is 2. The summed E-state index contributed by atoms with van der Waals surface area (Å²) in [6, 6.07) is 14.2. The summed E-state index contributed by atoms with van der Waals surface area (Å²) in [5, 5.41) is 5.10. The minimum absolute atomic E-state index is 0.165. The van der Waals surface area contributed by atoms with E-state index >= 15 is 0 Å². The summed E-state index contributed by atoms with van der Waals surface area (Å²) < 4.78 is 2.24. The topological polar surface area (TPSA) is 24.9 Å². The van der Waals surface area contributed by atoms with Crippen LogP contribution in [0.1, 0.15) is 18.5 Å². The molecule has 0 aliphatic rings. The van der Waals surface area contributed by atoms with Crippen molar-refractivity contribution in [2.45, 2.75) is 13.0 Å². The van der Waals surface area contributed by atoms with Gasteiger partial charge in [0.1, 0.15) is 0 Å². The molecule has 0 aliphatic carbocycles. The maximum absolute atomic E-state index is 6.03. The highest BCUT2D eigenvalue weighted by Crippen LogP contribution is 2.31. The van der Waals surface area contributed by atoms with Crippen molar-refractivity contribution < 1.29 is 0 Å². The highest BCUT2D eigenvalue weighted by Gasteiger charge is 2.09. The number of anilines is 1. The average molecular weight is 368 g/mol. The third-order valence-corrected chi connectivity index (χ3v) is 4.72. The van der Waals surface area contributed by atoms with Gasteiger partial charge in [0.25, 0.3) is 0 Å². The second-order valence-corrected chi connectivity index (χ2v) is 6.93. The first-order valence-electron chi connectivity index (χ1n) is 6.20. The van der Waals surface area contributed by atoms with E-state index in [9.17, 15) is 0 Å². The molecule has 1 heterocycles. The predicted molar refractivity (Wildman–Crippen MR) is 90.8 cm³/mol. The summed E-state index contributed by atoms with van der Waals surface area (Å²) in [4.78, 5) is 4.60. The van der Waals surface area contributed by atoms with E-state index in [2.05, 4.69) is 45.3 Å². The smallest absolute Gasteiger partial charge is 0.184 e. The van der Waals surface area contributed by atoms with E-state index in [0.29, 0.717) is 0 Å². The van der Waals surface area contributed by atoms with Gasteiger partial charge in [-0.05, 0) is 42.8 Å². The second kappa shape index (κ2) is 5.72. The molecule has 2 aromatic carbocycles. The molecule has 0 saturated carbocycles. The highest BCUT2D eigenvalue weighted by atomic mass is 79.9. The first kappa shape index (κ1) is 13.9. The van der Waals surface area contributed by atoms with Gasteiger partial charge in [0, 0.05) is 9.50 Å². The Kier molecular flexibility index (Phi) is 3.96. The minimum atomic E-state index is 0.165. The normalized spacial score (nSPS) is 12.6. The maximum Gasteiger partial charge on any atom is 0.184 e. The molecule has 1 unspecified atom stereocenters. The largest absolute Gasteiger partial charge is 0.355 e. The molecule has 2 nitrogen and oxygen atoms in total. The molecule has 3 rings (SSSR count). The fourth-order valence-corrected chi connectivity index (χ4v) is 3.71. The number of rotatable bonds is 3. The van der Waals surface area contributed by atoms with E-state index in [1.54, 1.807) is 11.3 Å². The molecule has 20 heavy (non-hydrogen) atoms. The molecule has 0 radical (unpaired) electrons. The lowest BCUT2D eigenvalue weighted by molar-refractivity contribution is 0.883. The summed E-state index contributed by atoms with van der Waals surface area (Å²) in [5.74, 6) is 0. The van der Waals surface area contributed by atoms with E-state index in [1.165, 1.54) is 4.70 Å². The molecule has 3 aromatic rings. The van der Waals surface area contributed by atoms with Gasteiger partial charge >= 0.3 is 0 Å². The van der Waals surface area contributed by atoms with Gasteiger partial charge < -0.3 is 5.32 Å². The van der Waals surface area contributed by atoms with E-state index in [-0.39, 0.29) is 6.04 Å². The van der Waals surface area contributed by atoms with Crippen LogP contribution in [-0.4, -0.2) is 4.98 Å². The molecule has 1 N–H and O–H groups in total. The summed E-state index contributed by atoms with van der Waals surface area (Å²) >= 11 is 11.2. The number of hydrogen-bond acceptors (Lipinski definition) is 3. The van der Waals surface area contributed by atoms with Crippen LogP contribution in [-0.2, 0) is 0 Å². The van der Waals surface area contributed by atoms with Crippen molar-refractivity contribution in [3.8, 4) is 0 Å². The number of aromatic nitrogens is 1. The van der Waals surface area contributed by atoms with Crippen LogP contribution >= 0.6 is 38.9 Å². The zero-order chi connectivity index (χ0) is 14.1. The molecule has 1 aromatic heterocycles. The Morgan fingerprint density at radius 2 is 2.10 bits per heavy atom. The van der Waals surface area contributed by atoms with Crippen molar-refractivity contribution in [2.24, 2.45) is 0 Å². The number of hydrogen-bond donors (Lipinski definition) is 1. The van der Waals surface area contributed by atoms with E-state index in [0.717, 1.165) is 25.7 Å². The lowest BCUT2D eigenvalue weighted by Gasteiger charge is -2.13. The predicted octanol–water partition coefficient (Wildman–Crippen LogP) is 5.89. The Morgan fingerprint density at radius 3 is 2.90 bits per heavy atom. The first-order valence-corrected chi connectivity index (χ1v) is 8.18. The lowest BCUT2D eigenvalue weighted by Crippen LogP contribution is -2.05. The first-order chi connectivity index (χ1) is 9.61. The van der Waals surface area contributed by atoms with Gasteiger partial charge in [-0.15, -0.1) is 0 Å². The summed E-state index contributed by atoms with van der Waals surface area (Å²) in [6.45, 7) is 2.10. The molecule has 0 aliphatic heterocycles. The Hall–Kier alpha value is -1.10. The van der Waals surface area contributed by atoms with Crippen molar-refractivity contribution in [1.29, 1.82) is 0 Å². The molecule has 0 bridgehead atoms. The van der Waals surface area contributed by atoms with Crippen LogP contribution in [0.4, 0.5) is 5.13 Å². The standard InChI is InChI=1S/C15H12BrClN2S/c1-9(10-3-2-4-12(17)7-10)18-15-19-13-6-5-11(16)8-14(13)20-15/h2-9H,1H3,(H,18,19). The second-order valence-electron chi connectivity index (χ2n) is 4.55. The third kappa shape index (κ3) is 2.97. The SMILES string of the molecule is CC(Nc1nc2ccc(Br)cc2s1)c1cccc(Cl)c1. The summed E-state index contributed by atoms with van der Waals surface area (Å²) in [5.41, 5.74) is 2.16. The lowest BCUT2D eigenvalue weighted by atomic mass is 10.1. The molecule has 0 spiro atoms. The van der Waals surface area contributed by atoms with Crippen molar-refractivity contribution in [3.05, 3.63) is 57.5 Å². The molecular formula is C15H12BrClN2S. The van der Waals surface area contributed by atoms with Gasteiger partial charge in [-0.3, -0.25) is 0 Å². The van der Waals surface area contributed by atoms with Crippen LogP contribution in [0.3, 0.4) is 0 Å². The molecule has 0 amide bonds. The van der Waals surface area contributed by atoms with Crippen LogP contribution in [0.5, 0.6) is 0 Å². The van der Waals surface area contributed by atoms with E-state index in [1.807, 2.05) is 30.3 Å². The number of benzene rings is 2. The van der Waals surface area contributed by atoms with Crippen LogP contribution < -0.4 is 5.32 Å². The number of nitrogens with one attached hydrogen (secondary N) is 1. The third-order valence-electron chi connectivity index (χ3n) is 3.04. The van der Waals surface area contributed by atoms with Gasteiger partial charge in [0.15, 0.2) is 5.13 Å². The number of thiazole rings is 1. The fourth-order valence-electron chi connectivity index (χ4n) is 2.00. The highest BCUT2D eigenvalue weighted by molar-refractivity contribution is 9.10. The van der Waals surface area contributed by atoms with Gasteiger partial charge in [-0.1, -0.05) is 51.0 Å². The molecule has 5 heteroatoms. The fraction of sp³-hybridized carbons (Fsp3) is 0.133. The minimum Gasteiger partial charge on any atom is -0.355 e. The number of nitrogens with zero attached hydrogens (tertiary/aromatic N) is 1. The van der Waals surface area contributed by atoms with Crippen molar-refractivity contribution in [2.75, 3.05) is 5.32 Å². The Balaban J connectivity index is 1.85. The average Bonchev–Trinajstić information content (AvgIpc) is 2.80. The van der Waals surface area contributed by atoms with Crippen LogP contribution in [0.15, 0.2) is 46.9 Å². The molecule has 102 valence electrons. The Labute approximate surface area is 134 Å². The zero-order valence-electron chi connectivity index (χ0n) is 10.7. The van der Waals surface area contributed by atoms with Crippen LogP contribution in [0, 0.1) is 0 Å². The molecule has 1 atom stereocenters. The molecule has 0 saturated heterocycles. The van der Waals surface area contributed by atoms with E-state index < -0.39 is 0 Å². The Morgan fingerprint density at radius 1 is 1.25 bits per heavy atom. The Bertz CT molecular complexity index is 756. The quantitative estimate of drug-likeness (QED) is 0.624. The van der Waals surface area contributed by atoms with Gasteiger partial charge in [-0.25, -0.2) is 4.98 Å². The summed E-state index contributed by atoms with van der Waals surface area (Å²) in [6.07, 6.45) is 0.